The summed E-state index contributed by atoms with van der Waals surface area (Å²) < 4.78 is 7.16. The minimum Gasteiger partial charge on any atom is -0.444 e. The van der Waals surface area contributed by atoms with E-state index in [0.717, 1.165) is 22.5 Å². The average Bonchev–Trinajstić information content (AvgIpc) is 3.21. The second kappa shape index (κ2) is 9.90. The quantitative estimate of drug-likeness (QED) is 0.489. The molecule has 33 heavy (non-hydrogen) atoms. The molecule has 7 heteroatoms. The van der Waals surface area contributed by atoms with Crippen molar-refractivity contribution in [3.63, 3.8) is 0 Å². The number of carbonyl (C=O) groups is 2. The van der Waals surface area contributed by atoms with Crippen LogP contribution in [0.5, 0.6) is 0 Å². The Morgan fingerprint density at radius 1 is 1.12 bits per heavy atom. The van der Waals surface area contributed by atoms with Gasteiger partial charge in [0.25, 0.3) is 0 Å². The number of rotatable bonds is 7. The number of benzene rings is 2. The van der Waals surface area contributed by atoms with E-state index in [1.54, 1.807) is 18.5 Å². The van der Waals surface area contributed by atoms with Crippen molar-refractivity contribution in [2.24, 2.45) is 0 Å². The van der Waals surface area contributed by atoms with E-state index in [1.165, 1.54) is 0 Å². The number of anilines is 2. The van der Waals surface area contributed by atoms with E-state index in [1.807, 2.05) is 82.8 Å². The van der Waals surface area contributed by atoms with Gasteiger partial charge in [-0.1, -0.05) is 18.2 Å². The normalized spacial score (nSPS) is 11.2. The van der Waals surface area contributed by atoms with Crippen LogP contribution in [0.15, 0.2) is 54.9 Å². The van der Waals surface area contributed by atoms with Crippen LogP contribution < -0.4 is 10.2 Å². The van der Waals surface area contributed by atoms with Crippen molar-refractivity contribution in [3.05, 3.63) is 71.8 Å². The molecule has 0 radical (unpaired) electrons. The molecule has 0 saturated heterocycles. The van der Waals surface area contributed by atoms with Crippen molar-refractivity contribution in [2.75, 3.05) is 24.3 Å². The van der Waals surface area contributed by atoms with E-state index in [9.17, 15) is 9.59 Å². The van der Waals surface area contributed by atoms with E-state index >= 15 is 0 Å². The predicted molar refractivity (Wildman–Crippen MR) is 132 cm³/mol. The van der Waals surface area contributed by atoms with E-state index in [-0.39, 0.29) is 12.2 Å². The zero-order chi connectivity index (χ0) is 24.2. The average molecular weight is 449 g/mol. The zero-order valence-electron chi connectivity index (χ0n) is 20.2. The van der Waals surface area contributed by atoms with Crippen molar-refractivity contribution in [3.8, 4) is 5.69 Å². The van der Waals surface area contributed by atoms with Gasteiger partial charge in [-0.3, -0.25) is 14.7 Å². The Kier molecular flexibility index (Phi) is 7.21. The van der Waals surface area contributed by atoms with Crippen molar-refractivity contribution >= 4 is 23.3 Å². The molecular formula is C26H32N4O3. The maximum atomic E-state index is 13.1. The van der Waals surface area contributed by atoms with Gasteiger partial charge in [0.1, 0.15) is 5.60 Å². The molecule has 1 amide bonds. The molecule has 1 heterocycles. The molecule has 1 aromatic heterocycles. The fourth-order valence-electron chi connectivity index (χ4n) is 3.64. The highest BCUT2D eigenvalue weighted by atomic mass is 16.6. The number of hydrogen-bond acceptors (Lipinski definition) is 5. The van der Waals surface area contributed by atoms with Gasteiger partial charge in [-0.25, -0.2) is 9.78 Å². The Bertz CT molecular complexity index is 1140. The highest BCUT2D eigenvalue weighted by Gasteiger charge is 2.19. The van der Waals surface area contributed by atoms with Gasteiger partial charge in [-0.05, 0) is 69.5 Å². The molecule has 0 aliphatic heterocycles. The molecule has 0 saturated carbocycles. The number of nitrogens with zero attached hydrogens (tertiary/aromatic N) is 3. The van der Waals surface area contributed by atoms with Crippen molar-refractivity contribution in [2.45, 2.75) is 46.1 Å². The first-order chi connectivity index (χ1) is 15.5. The molecule has 3 rings (SSSR count). The first-order valence-electron chi connectivity index (χ1n) is 11.0. The molecule has 3 aromatic rings. The van der Waals surface area contributed by atoms with Gasteiger partial charge in [-0.2, -0.15) is 0 Å². The van der Waals surface area contributed by atoms with Gasteiger partial charge >= 0.3 is 6.09 Å². The fourth-order valence-corrected chi connectivity index (χ4v) is 3.64. The minimum atomic E-state index is -0.588. The van der Waals surface area contributed by atoms with Crippen LogP contribution in [0.25, 0.3) is 5.69 Å². The summed E-state index contributed by atoms with van der Waals surface area (Å²) in [6, 6.07) is 13.5. The molecule has 0 aliphatic rings. The Morgan fingerprint density at radius 3 is 2.52 bits per heavy atom. The third-order valence-electron chi connectivity index (χ3n) is 5.10. The minimum absolute atomic E-state index is 0.0681. The van der Waals surface area contributed by atoms with E-state index < -0.39 is 11.7 Å². The smallest absolute Gasteiger partial charge is 0.412 e. The lowest BCUT2D eigenvalue weighted by atomic mass is 10.0. The molecular weight excluding hydrogens is 416 g/mol. The van der Waals surface area contributed by atoms with Crippen molar-refractivity contribution in [1.29, 1.82) is 0 Å². The number of para-hydroxylation sites is 1. The van der Waals surface area contributed by atoms with Crippen LogP contribution in [0.3, 0.4) is 0 Å². The van der Waals surface area contributed by atoms with Crippen molar-refractivity contribution < 1.29 is 14.3 Å². The summed E-state index contributed by atoms with van der Waals surface area (Å²) in [6.45, 7) is 7.49. The first-order valence-corrected chi connectivity index (χ1v) is 11.0. The molecule has 0 aliphatic carbocycles. The number of ether oxygens (including phenoxy) is 1. The number of hydrogen-bond donors (Lipinski definition) is 1. The fraction of sp³-hybridized carbons (Fsp3) is 0.346. The van der Waals surface area contributed by atoms with Crippen LogP contribution in [0.2, 0.25) is 0 Å². The van der Waals surface area contributed by atoms with Gasteiger partial charge < -0.3 is 9.64 Å². The maximum absolute atomic E-state index is 13.1. The number of carbonyl (C=O) groups excluding carboxylic acids is 2. The second-order valence-corrected chi connectivity index (χ2v) is 9.19. The Morgan fingerprint density at radius 2 is 1.85 bits per heavy atom. The van der Waals surface area contributed by atoms with Crippen LogP contribution in [0.1, 0.15) is 48.9 Å². The number of amides is 1. The summed E-state index contributed by atoms with van der Waals surface area (Å²) in [5.74, 6) is 0.325. The van der Waals surface area contributed by atoms with Gasteiger partial charge in [-0.15, -0.1) is 0 Å². The maximum Gasteiger partial charge on any atom is 0.412 e. The second-order valence-electron chi connectivity index (χ2n) is 9.19. The molecule has 0 unspecified atom stereocenters. The van der Waals surface area contributed by atoms with Crippen LogP contribution in [-0.4, -0.2) is 41.1 Å². The summed E-state index contributed by atoms with van der Waals surface area (Å²) in [5.41, 5.74) is 4.05. The SMILES string of the molecule is Cc1cc(-n2ccnc2C(=O)CCc2ccccc2NC(=O)OC(C)(C)C)ccc1N(C)C. The summed E-state index contributed by atoms with van der Waals surface area (Å²) in [5, 5.41) is 2.79. The molecule has 7 nitrogen and oxygen atoms in total. The molecule has 174 valence electrons. The van der Waals surface area contributed by atoms with Crippen molar-refractivity contribution in [1.82, 2.24) is 9.55 Å². The Balaban J connectivity index is 1.73. The van der Waals surface area contributed by atoms with Crippen LogP contribution in [-0.2, 0) is 11.2 Å². The highest BCUT2D eigenvalue weighted by Crippen LogP contribution is 2.23. The van der Waals surface area contributed by atoms with E-state index in [2.05, 4.69) is 15.2 Å². The highest BCUT2D eigenvalue weighted by molar-refractivity contribution is 5.94. The monoisotopic (exact) mass is 448 g/mol. The summed E-state index contributed by atoms with van der Waals surface area (Å²) in [6.07, 6.45) is 3.65. The molecule has 0 fully saturated rings. The van der Waals surface area contributed by atoms with Gasteiger partial charge in [0.2, 0.25) is 0 Å². The number of aryl methyl sites for hydroxylation is 2. The van der Waals surface area contributed by atoms with E-state index in [0.29, 0.717) is 17.9 Å². The Hall–Kier alpha value is -3.61. The third kappa shape index (κ3) is 6.22. The predicted octanol–water partition coefficient (Wildman–Crippen LogP) is 5.41. The summed E-state index contributed by atoms with van der Waals surface area (Å²) in [7, 11) is 4.01. The molecule has 0 bridgehead atoms. The summed E-state index contributed by atoms with van der Waals surface area (Å²) in [4.78, 5) is 31.6. The van der Waals surface area contributed by atoms with Gasteiger partial charge in [0.15, 0.2) is 11.6 Å². The Labute approximate surface area is 195 Å². The van der Waals surface area contributed by atoms with Crippen LogP contribution in [0.4, 0.5) is 16.2 Å². The molecule has 2 aromatic carbocycles. The molecule has 0 spiro atoms. The summed E-state index contributed by atoms with van der Waals surface area (Å²) >= 11 is 0. The van der Waals surface area contributed by atoms with Gasteiger partial charge in [0, 0.05) is 50.0 Å². The number of nitrogens with one attached hydrogen (secondary N) is 1. The zero-order valence-corrected chi connectivity index (χ0v) is 20.2. The number of imidazole rings is 1. The topological polar surface area (TPSA) is 76.5 Å². The molecule has 0 atom stereocenters. The largest absolute Gasteiger partial charge is 0.444 e. The third-order valence-corrected chi connectivity index (χ3v) is 5.10. The van der Waals surface area contributed by atoms with Gasteiger partial charge in [0.05, 0.1) is 0 Å². The first kappa shape index (κ1) is 24.0. The standard InChI is InChI=1S/C26H32N4O3/c1-18-17-20(12-13-22(18)29(5)6)30-16-15-27-24(30)23(31)14-11-19-9-7-8-10-21(19)28-25(32)33-26(2,3)4/h7-10,12-13,15-17H,11,14H2,1-6H3,(H,28,32). The lowest BCUT2D eigenvalue weighted by Crippen LogP contribution is -2.27. The van der Waals surface area contributed by atoms with Crippen LogP contribution >= 0.6 is 0 Å². The lowest BCUT2D eigenvalue weighted by Gasteiger charge is -2.20. The van der Waals surface area contributed by atoms with E-state index in [4.69, 9.17) is 4.74 Å². The number of ketones is 1. The molecule has 1 N–H and O–H groups in total. The number of Topliss-reactive ketones (excluding diaryl/α,β-unsaturated/α-hetero) is 1. The number of aromatic nitrogens is 2. The lowest BCUT2D eigenvalue weighted by molar-refractivity contribution is 0.0635. The van der Waals surface area contributed by atoms with Crippen LogP contribution in [0, 0.1) is 6.92 Å².